The van der Waals surface area contributed by atoms with Gasteiger partial charge >= 0.3 is 6.03 Å². The number of nitriles is 1. The predicted octanol–water partition coefficient (Wildman–Crippen LogP) is 2.13. The van der Waals surface area contributed by atoms with E-state index in [2.05, 4.69) is 59.8 Å². The van der Waals surface area contributed by atoms with Gasteiger partial charge < -0.3 is 20.3 Å². The summed E-state index contributed by atoms with van der Waals surface area (Å²) >= 11 is 0. The molecule has 0 aromatic heterocycles. The average molecular weight is 526 g/mol. The number of nitrogens with zero attached hydrogens (tertiary/aromatic N) is 4. The molecular weight excluding hydrogens is 482 g/mol. The minimum atomic E-state index is -0.967. The highest BCUT2D eigenvalue weighted by Crippen LogP contribution is 2.26. The standard InChI is InChI=1S/C28H43N7O3/c1-5-30-26(37)32-25(35-15-17-38-18-16-35)31-23(19-27(2,3)4)24(36)33-28(20-29)12-14-34(21-28)13-11-22-9-7-6-8-10-22/h6-10,23H,5,11-19,21H2,1-4H3,(H,33,36)(H2,30,31,32,37). The first kappa shape index (κ1) is 29.4. The zero-order chi connectivity index (χ0) is 27.6. The van der Waals surface area contributed by atoms with Crippen molar-refractivity contribution in [1.82, 2.24) is 25.8 Å². The number of carbonyl (C=O) groups is 2. The Balaban J connectivity index is 1.76. The summed E-state index contributed by atoms with van der Waals surface area (Å²) in [6.45, 7) is 12.7. The molecule has 2 fully saturated rings. The van der Waals surface area contributed by atoms with Gasteiger partial charge in [0, 0.05) is 39.3 Å². The summed E-state index contributed by atoms with van der Waals surface area (Å²) in [5.41, 5.74) is 0.0802. The van der Waals surface area contributed by atoms with Crippen LogP contribution in [-0.2, 0) is 16.0 Å². The number of hydrogen-bond donors (Lipinski definition) is 3. The number of nitrogens with one attached hydrogen (secondary N) is 3. The maximum Gasteiger partial charge on any atom is 0.321 e. The number of amides is 3. The minimum absolute atomic E-state index is 0.204. The van der Waals surface area contributed by atoms with E-state index < -0.39 is 11.6 Å². The Bertz CT molecular complexity index is 996. The van der Waals surface area contributed by atoms with Crippen molar-refractivity contribution >= 4 is 17.9 Å². The first-order chi connectivity index (χ1) is 18.1. The highest BCUT2D eigenvalue weighted by Gasteiger charge is 2.41. The molecule has 0 saturated carbocycles. The Hall–Kier alpha value is -3.16. The molecule has 0 spiro atoms. The van der Waals surface area contributed by atoms with E-state index in [4.69, 9.17) is 9.73 Å². The monoisotopic (exact) mass is 525 g/mol. The van der Waals surface area contributed by atoms with Crippen molar-refractivity contribution < 1.29 is 14.3 Å². The van der Waals surface area contributed by atoms with E-state index >= 15 is 0 Å². The number of likely N-dealkylation sites (tertiary alicyclic amines) is 1. The van der Waals surface area contributed by atoms with Crippen LogP contribution in [0.5, 0.6) is 0 Å². The normalized spacial score (nSPS) is 21.4. The van der Waals surface area contributed by atoms with Crippen LogP contribution in [0.2, 0.25) is 0 Å². The molecular formula is C28H43N7O3. The number of urea groups is 1. The van der Waals surface area contributed by atoms with E-state index in [0.717, 1.165) is 19.5 Å². The molecule has 0 aliphatic carbocycles. The van der Waals surface area contributed by atoms with E-state index in [1.165, 1.54) is 5.56 Å². The smallest absolute Gasteiger partial charge is 0.321 e. The van der Waals surface area contributed by atoms with Crippen LogP contribution in [-0.4, -0.2) is 91.8 Å². The maximum absolute atomic E-state index is 13.7. The molecule has 0 radical (unpaired) electrons. The van der Waals surface area contributed by atoms with Crippen LogP contribution in [0.25, 0.3) is 0 Å². The molecule has 38 heavy (non-hydrogen) atoms. The molecule has 2 heterocycles. The molecule has 0 bridgehead atoms. The molecule has 2 aliphatic heterocycles. The van der Waals surface area contributed by atoms with Crippen molar-refractivity contribution in [2.75, 3.05) is 52.5 Å². The van der Waals surface area contributed by atoms with Gasteiger partial charge in [-0.05, 0) is 37.2 Å². The summed E-state index contributed by atoms with van der Waals surface area (Å²) in [5.74, 6) is 0.0559. The summed E-state index contributed by atoms with van der Waals surface area (Å²) in [7, 11) is 0. The van der Waals surface area contributed by atoms with Gasteiger partial charge in [-0.2, -0.15) is 5.26 Å². The minimum Gasteiger partial charge on any atom is -0.378 e. The summed E-state index contributed by atoms with van der Waals surface area (Å²) in [5, 5.41) is 18.8. The van der Waals surface area contributed by atoms with Gasteiger partial charge in [0.1, 0.15) is 11.6 Å². The lowest BCUT2D eigenvalue weighted by Gasteiger charge is -2.32. The Morgan fingerprint density at radius 1 is 1.18 bits per heavy atom. The van der Waals surface area contributed by atoms with Gasteiger partial charge in [-0.15, -0.1) is 0 Å². The molecule has 208 valence electrons. The third-order valence-electron chi connectivity index (χ3n) is 6.74. The second-order valence-corrected chi connectivity index (χ2v) is 11.3. The van der Waals surface area contributed by atoms with Crippen LogP contribution in [0.1, 0.15) is 46.1 Å². The number of hydrogen-bond acceptors (Lipinski definition) is 6. The first-order valence-electron chi connectivity index (χ1n) is 13.6. The summed E-state index contributed by atoms with van der Waals surface area (Å²) < 4.78 is 5.46. The molecule has 10 heteroatoms. The zero-order valence-corrected chi connectivity index (χ0v) is 23.3. The SMILES string of the molecule is CCNC(=O)NC(=NC(CC(C)(C)C)C(=O)NC1(C#N)CCN(CCc2ccccc2)C1)N1CCOCC1. The Kier molecular flexibility index (Phi) is 10.5. The maximum atomic E-state index is 13.7. The fourth-order valence-electron chi connectivity index (χ4n) is 4.75. The fraction of sp³-hybridized carbons (Fsp3) is 0.643. The van der Waals surface area contributed by atoms with E-state index in [1.54, 1.807) is 0 Å². The largest absolute Gasteiger partial charge is 0.378 e. The van der Waals surface area contributed by atoms with Crippen molar-refractivity contribution in [3.05, 3.63) is 35.9 Å². The van der Waals surface area contributed by atoms with Gasteiger partial charge in [0.05, 0.1) is 19.3 Å². The molecule has 2 unspecified atom stereocenters. The van der Waals surface area contributed by atoms with Crippen LogP contribution < -0.4 is 16.0 Å². The summed E-state index contributed by atoms with van der Waals surface area (Å²) in [6, 6.07) is 11.5. The van der Waals surface area contributed by atoms with E-state index in [1.807, 2.05) is 30.0 Å². The molecule has 3 rings (SSSR count). The molecule has 2 aliphatic rings. The van der Waals surface area contributed by atoms with Crippen LogP contribution in [0.4, 0.5) is 4.79 Å². The third kappa shape index (κ3) is 8.99. The number of ether oxygens (including phenoxy) is 1. The third-order valence-corrected chi connectivity index (χ3v) is 6.74. The fourth-order valence-corrected chi connectivity index (χ4v) is 4.75. The number of benzene rings is 1. The van der Waals surface area contributed by atoms with Gasteiger partial charge in [0.2, 0.25) is 11.9 Å². The van der Waals surface area contributed by atoms with Crippen molar-refractivity contribution in [3.63, 3.8) is 0 Å². The number of aliphatic imine (C=N–C) groups is 1. The van der Waals surface area contributed by atoms with Crippen molar-refractivity contribution in [2.45, 2.75) is 58.5 Å². The number of guanidine groups is 1. The summed E-state index contributed by atoms with van der Waals surface area (Å²) in [4.78, 5) is 35.0. The molecule has 1 aromatic carbocycles. The molecule has 10 nitrogen and oxygen atoms in total. The molecule has 2 atom stereocenters. The average Bonchev–Trinajstić information content (AvgIpc) is 3.30. The first-order valence-corrected chi connectivity index (χ1v) is 13.6. The van der Waals surface area contributed by atoms with Crippen molar-refractivity contribution in [1.29, 1.82) is 5.26 Å². The lowest BCUT2D eigenvalue weighted by molar-refractivity contribution is -0.124. The number of morpholine rings is 1. The lowest BCUT2D eigenvalue weighted by Crippen LogP contribution is -2.55. The second-order valence-electron chi connectivity index (χ2n) is 11.3. The topological polar surface area (TPSA) is 122 Å². The van der Waals surface area contributed by atoms with E-state index in [-0.39, 0.29) is 17.4 Å². The quantitative estimate of drug-likeness (QED) is 0.353. The Labute approximate surface area is 226 Å². The van der Waals surface area contributed by atoms with Crippen molar-refractivity contribution in [2.24, 2.45) is 10.4 Å². The van der Waals surface area contributed by atoms with Crippen LogP contribution in [0.15, 0.2) is 35.3 Å². The van der Waals surface area contributed by atoms with Crippen LogP contribution in [0, 0.1) is 16.7 Å². The summed E-state index contributed by atoms with van der Waals surface area (Å²) in [6.07, 6.45) is 1.91. The van der Waals surface area contributed by atoms with Gasteiger partial charge in [-0.3, -0.25) is 15.0 Å². The Morgan fingerprint density at radius 2 is 1.89 bits per heavy atom. The number of rotatable bonds is 8. The zero-order valence-electron chi connectivity index (χ0n) is 23.3. The van der Waals surface area contributed by atoms with Crippen molar-refractivity contribution in [3.8, 4) is 6.07 Å². The predicted molar refractivity (Wildman–Crippen MR) is 148 cm³/mol. The van der Waals surface area contributed by atoms with E-state index in [0.29, 0.717) is 58.2 Å². The molecule has 3 N–H and O–H groups in total. The van der Waals surface area contributed by atoms with Gasteiger partial charge in [-0.25, -0.2) is 9.79 Å². The van der Waals surface area contributed by atoms with Gasteiger partial charge in [-0.1, -0.05) is 51.1 Å². The number of carbonyl (C=O) groups excluding carboxylic acids is 2. The van der Waals surface area contributed by atoms with E-state index in [9.17, 15) is 14.9 Å². The van der Waals surface area contributed by atoms with Gasteiger partial charge in [0.15, 0.2) is 0 Å². The molecule has 1 aromatic rings. The highest BCUT2D eigenvalue weighted by molar-refractivity contribution is 5.97. The lowest BCUT2D eigenvalue weighted by atomic mass is 9.87. The van der Waals surface area contributed by atoms with Gasteiger partial charge in [0.25, 0.3) is 0 Å². The molecule has 2 saturated heterocycles. The Morgan fingerprint density at radius 3 is 2.53 bits per heavy atom. The highest BCUT2D eigenvalue weighted by atomic mass is 16.5. The molecule has 3 amide bonds. The van der Waals surface area contributed by atoms with Crippen LogP contribution >= 0.6 is 0 Å². The second kappa shape index (κ2) is 13.6. The van der Waals surface area contributed by atoms with Crippen LogP contribution in [0.3, 0.4) is 0 Å².